The maximum absolute atomic E-state index is 12.6. The van der Waals surface area contributed by atoms with Crippen molar-refractivity contribution in [3.63, 3.8) is 0 Å². The maximum Gasteiger partial charge on any atom is 0.273 e. The largest absolute Gasteiger partial charge is 0.321 e. The van der Waals surface area contributed by atoms with Crippen LogP contribution in [0.1, 0.15) is 48.3 Å². The molecule has 1 amide bonds. The molecule has 2 aromatic heterocycles. The van der Waals surface area contributed by atoms with E-state index in [1.165, 1.54) is 0 Å². The van der Waals surface area contributed by atoms with E-state index in [0.29, 0.717) is 11.4 Å². The molecule has 0 fully saturated rings. The number of amides is 1. The monoisotopic (exact) mass is 337 g/mol. The third kappa shape index (κ3) is 3.38. The van der Waals surface area contributed by atoms with Crippen molar-refractivity contribution in [2.75, 3.05) is 5.32 Å². The summed E-state index contributed by atoms with van der Waals surface area (Å²) >= 11 is 0. The SMILES string of the molecule is Cc1nc2ccc(NC(=O)c3cc(C(C)(C)C)nn3C)cc2nc1C. The lowest BCUT2D eigenvalue weighted by molar-refractivity contribution is 0.101. The Kier molecular flexibility index (Phi) is 4.06. The second-order valence-corrected chi connectivity index (χ2v) is 7.34. The van der Waals surface area contributed by atoms with Crippen LogP contribution in [0.2, 0.25) is 0 Å². The molecule has 2 heterocycles. The minimum absolute atomic E-state index is 0.107. The Morgan fingerprint density at radius 2 is 1.68 bits per heavy atom. The van der Waals surface area contributed by atoms with Crippen LogP contribution in [0.25, 0.3) is 11.0 Å². The number of hydrogen-bond donors (Lipinski definition) is 1. The molecule has 3 rings (SSSR count). The first-order chi connectivity index (χ1) is 11.6. The normalized spacial score (nSPS) is 11.8. The van der Waals surface area contributed by atoms with Crippen molar-refractivity contribution in [2.24, 2.45) is 7.05 Å². The fraction of sp³-hybridized carbons (Fsp3) is 0.368. The average Bonchev–Trinajstić information content (AvgIpc) is 2.91. The summed E-state index contributed by atoms with van der Waals surface area (Å²) in [6.45, 7) is 10.1. The first-order valence-corrected chi connectivity index (χ1v) is 8.26. The van der Waals surface area contributed by atoms with Crippen LogP contribution in [0, 0.1) is 13.8 Å². The molecule has 1 N–H and O–H groups in total. The predicted octanol–water partition coefficient (Wildman–Crippen LogP) is 3.53. The van der Waals surface area contributed by atoms with Crippen LogP contribution in [-0.4, -0.2) is 25.7 Å². The van der Waals surface area contributed by atoms with Gasteiger partial charge in [-0.1, -0.05) is 20.8 Å². The van der Waals surface area contributed by atoms with Gasteiger partial charge in [0.2, 0.25) is 0 Å². The van der Waals surface area contributed by atoms with Gasteiger partial charge >= 0.3 is 0 Å². The lowest BCUT2D eigenvalue weighted by Gasteiger charge is -2.13. The van der Waals surface area contributed by atoms with Crippen LogP contribution >= 0.6 is 0 Å². The Morgan fingerprint density at radius 1 is 1.04 bits per heavy atom. The van der Waals surface area contributed by atoms with E-state index < -0.39 is 0 Å². The van der Waals surface area contributed by atoms with Crippen LogP contribution in [0.15, 0.2) is 24.3 Å². The Hall–Kier alpha value is -2.76. The molecular formula is C19H23N5O. The first kappa shape index (κ1) is 17.1. The molecule has 0 aliphatic carbocycles. The quantitative estimate of drug-likeness (QED) is 0.776. The van der Waals surface area contributed by atoms with Gasteiger partial charge in [-0.25, -0.2) is 9.97 Å². The van der Waals surface area contributed by atoms with E-state index in [0.717, 1.165) is 28.1 Å². The van der Waals surface area contributed by atoms with E-state index >= 15 is 0 Å². The second kappa shape index (κ2) is 5.95. The molecule has 6 nitrogen and oxygen atoms in total. The zero-order valence-corrected chi connectivity index (χ0v) is 15.5. The lowest BCUT2D eigenvalue weighted by atomic mass is 9.92. The Bertz CT molecular complexity index is 966. The molecular weight excluding hydrogens is 314 g/mol. The van der Waals surface area contributed by atoms with Gasteiger partial charge in [-0.2, -0.15) is 5.10 Å². The molecule has 1 aromatic carbocycles. The van der Waals surface area contributed by atoms with E-state index in [1.54, 1.807) is 11.7 Å². The minimum Gasteiger partial charge on any atom is -0.321 e. The summed E-state index contributed by atoms with van der Waals surface area (Å²) in [5.41, 5.74) is 5.37. The summed E-state index contributed by atoms with van der Waals surface area (Å²) in [5, 5.41) is 7.37. The van der Waals surface area contributed by atoms with Gasteiger partial charge in [0.1, 0.15) is 5.69 Å². The number of aryl methyl sites for hydroxylation is 3. The summed E-state index contributed by atoms with van der Waals surface area (Å²) in [5.74, 6) is -0.193. The summed E-state index contributed by atoms with van der Waals surface area (Å²) in [4.78, 5) is 21.7. The van der Waals surface area contributed by atoms with Crippen LogP contribution in [0.4, 0.5) is 5.69 Å². The molecule has 0 aliphatic heterocycles. The smallest absolute Gasteiger partial charge is 0.273 e. The molecule has 0 unspecified atom stereocenters. The molecule has 0 spiro atoms. The third-order valence-corrected chi connectivity index (χ3v) is 4.21. The van der Waals surface area contributed by atoms with Crippen LogP contribution < -0.4 is 5.32 Å². The topological polar surface area (TPSA) is 72.7 Å². The fourth-order valence-corrected chi connectivity index (χ4v) is 2.55. The number of nitrogens with one attached hydrogen (secondary N) is 1. The molecule has 0 saturated carbocycles. The lowest BCUT2D eigenvalue weighted by Crippen LogP contribution is -2.16. The number of fused-ring (bicyclic) bond motifs is 1. The maximum atomic E-state index is 12.6. The van der Waals surface area contributed by atoms with Crippen molar-refractivity contribution < 1.29 is 4.79 Å². The molecule has 25 heavy (non-hydrogen) atoms. The standard InChI is InChI=1S/C19H23N5O/c1-11-12(2)21-15-9-13(7-8-14(15)20-11)22-18(25)16-10-17(19(3,4)5)23-24(16)6/h7-10H,1-6H3,(H,22,25). The number of benzene rings is 1. The van der Waals surface area contributed by atoms with Crippen molar-refractivity contribution in [3.05, 3.63) is 47.0 Å². The molecule has 0 saturated heterocycles. The second-order valence-electron chi connectivity index (χ2n) is 7.34. The number of hydrogen-bond acceptors (Lipinski definition) is 4. The van der Waals surface area contributed by atoms with Gasteiger partial charge in [0.05, 0.1) is 28.1 Å². The zero-order valence-electron chi connectivity index (χ0n) is 15.5. The van der Waals surface area contributed by atoms with E-state index in [-0.39, 0.29) is 11.3 Å². The van der Waals surface area contributed by atoms with Crippen molar-refractivity contribution in [1.82, 2.24) is 19.7 Å². The number of nitrogens with zero attached hydrogens (tertiary/aromatic N) is 4. The highest BCUT2D eigenvalue weighted by atomic mass is 16.2. The zero-order chi connectivity index (χ0) is 18.4. The van der Waals surface area contributed by atoms with E-state index in [4.69, 9.17) is 0 Å². The number of aromatic nitrogens is 4. The van der Waals surface area contributed by atoms with Crippen LogP contribution in [-0.2, 0) is 12.5 Å². The molecule has 0 bridgehead atoms. The van der Waals surface area contributed by atoms with Crippen molar-refractivity contribution in [1.29, 1.82) is 0 Å². The third-order valence-electron chi connectivity index (χ3n) is 4.21. The Morgan fingerprint density at radius 3 is 2.28 bits per heavy atom. The Labute approximate surface area is 147 Å². The number of carbonyl (C=O) groups excluding carboxylic acids is 1. The molecule has 0 radical (unpaired) electrons. The summed E-state index contributed by atoms with van der Waals surface area (Å²) in [6.07, 6.45) is 0. The highest BCUT2D eigenvalue weighted by Gasteiger charge is 2.21. The van der Waals surface area contributed by atoms with Gasteiger partial charge in [-0.3, -0.25) is 9.48 Å². The summed E-state index contributed by atoms with van der Waals surface area (Å²) in [6, 6.07) is 7.39. The van der Waals surface area contributed by atoms with Crippen molar-refractivity contribution in [2.45, 2.75) is 40.0 Å². The minimum atomic E-state index is -0.193. The highest BCUT2D eigenvalue weighted by molar-refractivity contribution is 6.03. The molecule has 130 valence electrons. The first-order valence-electron chi connectivity index (χ1n) is 8.26. The number of carbonyl (C=O) groups is 1. The van der Waals surface area contributed by atoms with Gasteiger partial charge in [0.15, 0.2) is 0 Å². The summed E-state index contributed by atoms with van der Waals surface area (Å²) in [7, 11) is 1.78. The van der Waals surface area contributed by atoms with Crippen LogP contribution in [0.3, 0.4) is 0 Å². The van der Waals surface area contributed by atoms with Crippen molar-refractivity contribution in [3.8, 4) is 0 Å². The number of rotatable bonds is 2. The highest BCUT2D eigenvalue weighted by Crippen LogP contribution is 2.22. The van der Waals surface area contributed by atoms with Gasteiger partial charge in [0.25, 0.3) is 5.91 Å². The molecule has 0 atom stereocenters. The van der Waals surface area contributed by atoms with Gasteiger partial charge in [-0.15, -0.1) is 0 Å². The van der Waals surface area contributed by atoms with E-state index in [1.807, 2.05) is 38.1 Å². The van der Waals surface area contributed by atoms with Gasteiger partial charge < -0.3 is 5.32 Å². The van der Waals surface area contributed by atoms with E-state index in [2.05, 4.69) is 41.2 Å². The van der Waals surface area contributed by atoms with E-state index in [9.17, 15) is 4.79 Å². The molecule has 6 heteroatoms. The van der Waals surface area contributed by atoms with Crippen LogP contribution in [0.5, 0.6) is 0 Å². The molecule has 0 aliphatic rings. The number of anilines is 1. The molecule has 3 aromatic rings. The summed E-state index contributed by atoms with van der Waals surface area (Å²) < 4.78 is 1.62. The average molecular weight is 337 g/mol. The Balaban J connectivity index is 1.89. The fourth-order valence-electron chi connectivity index (χ4n) is 2.55. The van der Waals surface area contributed by atoms with Crippen molar-refractivity contribution >= 4 is 22.6 Å². The van der Waals surface area contributed by atoms with Gasteiger partial charge in [0, 0.05) is 18.2 Å². The van der Waals surface area contributed by atoms with Gasteiger partial charge in [-0.05, 0) is 38.1 Å². The predicted molar refractivity (Wildman–Crippen MR) is 98.9 cm³/mol.